The quantitative estimate of drug-likeness (QED) is 0.563. The van der Waals surface area contributed by atoms with Crippen LogP contribution in [-0.4, -0.2) is 42.3 Å². The average Bonchev–Trinajstić information content (AvgIpc) is 3.09. The molecule has 1 saturated carbocycles. The maximum Gasteiger partial charge on any atom is 0.408 e. The van der Waals surface area contributed by atoms with E-state index in [1.54, 1.807) is 0 Å². The van der Waals surface area contributed by atoms with Crippen molar-refractivity contribution >= 4 is 22.1 Å². The van der Waals surface area contributed by atoms with Gasteiger partial charge in [-0.3, -0.25) is 9.35 Å². The van der Waals surface area contributed by atoms with E-state index in [0.29, 0.717) is 19.3 Å². The third-order valence-electron chi connectivity index (χ3n) is 4.68. The number of hydrogen-bond acceptors (Lipinski definition) is 5. The smallest absolute Gasteiger partial charge is 0.408 e. The molecule has 0 aliphatic heterocycles. The lowest BCUT2D eigenvalue weighted by Crippen LogP contribution is -2.50. The van der Waals surface area contributed by atoms with Crippen LogP contribution < -0.4 is 10.6 Å². The number of rotatable bonds is 8. The van der Waals surface area contributed by atoms with E-state index in [-0.39, 0.29) is 30.9 Å². The molecule has 0 spiro atoms. The lowest BCUT2D eigenvalue weighted by molar-refractivity contribution is -0.124. The first-order chi connectivity index (χ1) is 13.1. The molecular weight excluding hydrogens is 384 g/mol. The standard InChI is InChI=1S/C19H28N2O6S/c1-13(2)10-17(21-19(23)27-12-14-6-4-3-5-7-14)18(22)20-15-8-9-16(11-15)28(24,25)26/h3-7,13,15-17H,8-12H2,1-2H3,(H,20,22)(H,21,23)(H,24,25,26). The van der Waals surface area contributed by atoms with Crippen LogP contribution in [0, 0.1) is 5.92 Å². The molecule has 1 aliphatic rings. The zero-order chi connectivity index (χ0) is 20.7. The Hall–Kier alpha value is -2.13. The summed E-state index contributed by atoms with van der Waals surface area (Å²) in [5.41, 5.74) is 0.838. The third-order valence-corrected chi connectivity index (χ3v) is 5.95. The van der Waals surface area contributed by atoms with E-state index in [2.05, 4.69) is 10.6 Å². The molecule has 0 aromatic heterocycles. The zero-order valence-corrected chi connectivity index (χ0v) is 16.9. The summed E-state index contributed by atoms with van der Waals surface area (Å²) in [5, 5.41) is 4.52. The molecular formula is C19H28N2O6S. The predicted octanol–water partition coefficient (Wildman–Crippen LogP) is 2.25. The molecule has 0 heterocycles. The van der Waals surface area contributed by atoms with Crippen molar-refractivity contribution in [2.75, 3.05) is 0 Å². The number of amides is 2. The Morgan fingerprint density at radius 3 is 2.46 bits per heavy atom. The normalized spacial score (nSPS) is 20.6. The third kappa shape index (κ3) is 7.12. The van der Waals surface area contributed by atoms with Gasteiger partial charge in [0.05, 0.1) is 5.25 Å². The van der Waals surface area contributed by atoms with Gasteiger partial charge in [-0.1, -0.05) is 44.2 Å². The van der Waals surface area contributed by atoms with Gasteiger partial charge in [-0.25, -0.2) is 4.79 Å². The number of hydrogen-bond donors (Lipinski definition) is 3. The van der Waals surface area contributed by atoms with Crippen LogP contribution in [0.3, 0.4) is 0 Å². The highest BCUT2D eigenvalue weighted by molar-refractivity contribution is 7.86. The summed E-state index contributed by atoms with van der Waals surface area (Å²) >= 11 is 0. The minimum atomic E-state index is -4.10. The second-order valence-electron chi connectivity index (χ2n) is 7.54. The van der Waals surface area contributed by atoms with E-state index in [1.807, 2.05) is 44.2 Å². The molecule has 0 bridgehead atoms. The molecule has 9 heteroatoms. The molecule has 3 atom stereocenters. The summed E-state index contributed by atoms with van der Waals surface area (Å²) in [6.07, 6.45) is 0.652. The summed E-state index contributed by atoms with van der Waals surface area (Å²) in [6, 6.07) is 8.07. The van der Waals surface area contributed by atoms with E-state index >= 15 is 0 Å². The fourth-order valence-electron chi connectivity index (χ4n) is 3.25. The van der Waals surface area contributed by atoms with Crippen LogP contribution in [-0.2, 0) is 26.3 Å². The highest BCUT2D eigenvalue weighted by atomic mass is 32.2. The van der Waals surface area contributed by atoms with Crippen molar-refractivity contribution in [3.63, 3.8) is 0 Å². The first-order valence-corrected chi connectivity index (χ1v) is 10.9. The van der Waals surface area contributed by atoms with Gasteiger partial charge in [-0.2, -0.15) is 8.42 Å². The van der Waals surface area contributed by atoms with E-state index in [1.165, 1.54) is 0 Å². The first kappa shape index (κ1) is 22.2. The second-order valence-corrected chi connectivity index (χ2v) is 9.24. The second kappa shape index (κ2) is 9.88. The van der Waals surface area contributed by atoms with Crippen molar-refractivity contribution in [1.82, 2.24) is 10.6 Å². The fraction of sp³-hybridized carbons (Fsp3) is 0.579. The van der Waals surface area contributed by atoms with Crippen LogP contribution in [0.1, 0.15) is 45.1 Å². The molecule has 156 valence electrons. The van der Waals surface area contributed by atoms with Crippen molar-refractivity contribution in [1.29, 1.82) is 0 Å². The molecule has 1 fully saturated rings. The van der Waals surface area contributed by atoms with Gasteiger partial charge < -0.3 is 15.4 Å². The van der Waals surface area contributed by atoms with Crippen molar-refractivity contribution < 1.29 is 27.3 Å². The molecule has 2 rings (SSSR count). The predicted molar refractivity (Wildman–Crippen MR) is 104 cm³/mol. The van der Waals surface area contributed by atoms with Gasteiger partial charge in [-0.05, 0) is 37.2 Å². The van der Waals surface area contributed by atoms with Crippen molar-refractivity contribution in [3.8, 4) is 0 Å². The van der Waals surface area contributed by atoms with E-state index in [4.69, 9.17) is 9.29 Å². The van der Waals surface area contributed by atoms with Gasteiger partial charge in [0.1, 0.15) is 12.6 Å². The maximum absolute atomic E-state index is 12.6. The Labute approximate surface area is 165 Å². The van der Waals surface area contributed by atoms with Crippen LogP contribution in [0.2, 0.25) is 0 Å². The van der Waals surface area contributed by atoms with Gasteiger partial charge in [-0.15, -0.1) is 0 Å². The fourth-order valence-corrected chi connectivity index (χ4v) is 4.16. The number of alkyl carbamates (subject to hydrolysis) is 1. The lowest BCUT2D eigenvalue weighted by Gasteiger charge is -2.22. The molecule has 8 nitrogen and oxygen atoms in total. The SMILES string of the molecule is CC(C)CC(NC(=O)OCc1ccccc1)C(=O)NC1CCC(S(=O)(=O)O)C1. The number of carbonyl (C=O) groups is 2. The van der Waals surface area contributed by atoms with E-state index in [9.17, 15) is 18.0 Å². The molecule has 3 unspecified atom stereocenters. The topological polar surface area (TPSA) is 122 Å². The van der Waals surface area contributed by atoms with Crippen LogP contribution >= 0.6 is 0 Å². The molecule has 1 aliphatic carbocycles. The van der Waals surface area contributed by atoms with E-state index < -0.39 is 27.5 Å². The molecule has 0 saturated heterocycles. The molecule has 1 aromatic carbocycles. The monoisotopic (exact) mass is 412 g/mol. The largest absolute Gasteiger partial charge is 0.445 e. The maximum atomic E-state index is 12.6. The molecule has 28 heavy (non-hydrogen) atoms. The molecule has 1 aromatic rings. The Morgan fingerprint density at radius 2 is 1.89 bits per heavy atom. The van der Waals surface area contributed by atoms with Gasteiger partial charge in [0, 0.05) is 6.04 Å². The van der Waals surface area contributed by atoms with Crippen LogP contribution in [0.4, 0.5) is 4.79 Å². The summed E-state index contributed by atoms with van der Waals surface area (Å²) in [7, 11) is -4.10. The summed E-state index contributed by atoms with van der Waals surface area (Å²) < 4.78 is 36.8. The van der Waals surface area contributed by atoms with Crippen LogP contribution in [0.5, 0.6) is 0 Å². The van der Waals surface area contributed by atoms with Gasteiger partial charge >= 0.3 is 6.09 Å². The molecule has 0 radical (unpaired) electrons. The molecule has 2 amide bonds. The van der Waals surface area contributed by atoms with Crippen LogP contribution in [0.15, 0.2) is 30.3 Å². The first-order valence-electron chi connectivity index (χ1n) is 9.39. The number of nitrogens with one attached hydrogen (secondary N) is 2. The van der Waals surface area contributed by atoms with Crippen molar-refractivity contribution in [2.45, 2.75) is 63.5 Å². The highest BCUT2D eigenvalue weighted by Crippen LogP contribution is 2.25. The average molecular weight is 413 g/mol. The Morgan fingerprint density at radius 1 is 1.21 bits per heavy atom. The number of ether oxygens (including phenoxy) is 1. The minimum Gasteiger partial charge on any atom is -0.445 e. The van der Waals surface area contributed by atoms with Crippen molar-refractivity contribution in [3.05, 3.63) is 35.9 Å². The Kier molecular flexibility index (Phi) is 7.82. The summed E-state index contributed by atoms with van der Waals surface area (Å²) in [6.45, 7) is 3.96. The van der Waals surface area contributed by atoms with Crippen LogP contribution in [0.25, 0.3) is 0 Å². The Bertz CT molecular complexity index is 766. The Balaban J connectivity index is 1.89. The zero-order valence-electron chi connectivity index (χ0n) is 16.1. The molecule has 3 N–H and O–H groups in total. The lowest BCUT2D eigenvalue weighted by atomic mass is 10.0. The van der Waals surface area contributed by atoms with Gasteiger partial charge in [0.25, 0.3) is 10.1 Å². The highest BCUT2D eigenvalue weighted by Gasteiger charge is 2.35. The number of benzene rings is 1. The number of carbonyl (C=O) groups excluding carboxylic acids is 2. The summed E-state index contributed by atoms with van der Waals surface area (Å²) in [5.74, 6) is -0.231. The summed E-state index contributed by atoms with van der Waals surface area (Å²) in [4.78, 5) is 24.7. The van der Waals surface area contributed by atoms with Gasteiger partial charge in [0.2, 0.25) is 5.91 Å². The van der Waals surface area contributed by atoms with E-state index in [0.717, 1.165) is 5.56 Å². The van der Waals surface area contributed by atoms with Gasteiger partial charge in [0.15, 0.2) is 0 Å². The minimum absolute atomic E-state index is 0.0986. The van der Waals surface area contributed by atoms with Crippen molar-refractivity contribution in [2.24, 2.45) is 5.92 Å².